The molecule has 8 aromatic heterocycles. The van der Waals surface area contributed by atoms with Crippen molar-refractivity contribution in [3.63, 3.8) is 0 Å². The van der Waals surface area contributed by atoms with Crippen molar-refractivity contribution in [3.8, 4) is 88.9 Å². The average molecular weight is 1790 g/mol. The number of likely N-dealkylation sites (tertiary alicyclic amines) is 2. The number of carbonyl (C=O) groups excluding carboxylic acids is 4. The van der Waals surface area contributed by atoms with Gasteiger partial charge in [0.05, 0.1) is 106 Å². The molecule has 2 unspecified atom stereocenters. The molecular formula is C98H106N18O12S2. The average Bonchev–Trinajstić information content (AvgIpc) is 1.65. The van der Waals surface area contributed by atoms with Crippen LogP contribution in [0.2, 0.25) is 0 Å². The van der Waals surface area contributed by atoms with Crippen molar-refractivity contribution in [2.75, 3.05) is 37.8 Å². The molecule has 0 radical (unpaired) electrons. The molecular weight excluding hydrogens is 1690 g/mol. The minimum atomic E-state index is -0.836. The van der Waals surface area contributed by atoms with E-state index in [0.29, 0.717) is 71.2 Å². The number of aliphatic hydroxyl groups is 2. The van der Waals surface area contributed by atoms with E-state index in [1.807, 2.05) is 161 Å². The number of benzene rings is 6. The van der Waals surface area contributed by atoms with Gasteiger partial charge in [-0.25, -0.2) is 9.97 Å². The fourth-order valence-electron chi connectivity index (χ4n) is 16.6. The first kappa shape index (κ1) is 90.9. The molecule has 30 nitrogen and oxygen atoms in total. The number of aryl methyl sites for hydroxylation is 4. The third-order valence-corrected chi connectivity index (χ3v) is 26.0. The van der Waals surface area contributed by atoms with Gasteiger partial charge in [-0.05, 0) is 170 Å². The minimum Gasteiger partial charge on any atom is -0.507 e. The highest BCUT2D eigenvalue weighted by Crippen LogP contribution is 2.40. The Balaban J connectivity index is 0.000000199. The summed E-state index contributed by atoms with van der Waals surface area (Å²) in [6.07, 6.45) is 8.92. The molecule has 16 rings (SSSR count). The Bertz CT molecular complexity index is 5870. The summed E-state index contributed by atoms with van der Waals surface area (Å²) in [5.41, 5.74) is 31.5. The predicted molar refractivity (Wildman–Crippen MR) is 496 cm³/mol. The van der Waals surface area contributed by atoms with Crippen LogP contribution in [0.4, 0.5) is 11.6 Å². The highest BCUT2D eigenvalue weighted by molar-refractivity contribution is 7.13. The molecule has 672 valence electrons. The van der Waals surface area contributed by atoms with Gasteiger partial charge >= 0.3 is 0 Å². The van der Waals surface area contributed by atoms with Gasteiger partial charge in [0, 0.05) is 83.8 Å². The van der Waals surface area contributed by atoms with Gasteiger partial charge < -0.3 is 70.8 Å². The molecule has 130 heavy (non-hydrogen) atoms. The third-order valence-electron chi connectivity index (χ3n) is 24.0. The fraction of sp³-hybridized carbons (Fsp3) is 0.327. The molecule has 10 atom stereocenters. The van der Waals surface area contributed by atoms with Gasteiger partial charge in [0.2, 0.25) is 23.6 Å². The topological polar surface area (TPSA) is 415 Å². The van der Waals surface area contributed by atoms with Gasteiger partial charge in [0.25, 0.3) is 11.8 Å². The third kappa shape index (κ3) is 21.0. The lowest BCUT2D eigenvalue weighted by Crippen LogP contribution is -2.48. The number of β-amino-alcohol motifs (C(OH)–C–C–N with tert-alkyl or cyclic N) is 2. The van der Waals surface area contributed by atoms with E-state index < -0.39 is 36.1 Å². The number of para-hydroxylation sites is 2. The molecule has 0 aliphatic carbocycles. The van der Waals surface area contributed by atoms with Crippen LogP contribution in [0.3, 0.4) is 0 Å². The minimum absolute atomic E-state index is 0.0440. The normalized spacial score (nSPS) is 16.4. The molecule has 10 heterocycles. The Morgan fingerprint density at radius 1 is 0.485 bits per heavy atom. The number of nitrogens with zero attached hydrogens (tertiary/aromatic N) is 14. The molecule has 2 aliphatic heterocycles. The van der Waals surface area contributed by atoms with E-state index in [4.69, 9.17) is 30.0 Å². The molecule has 0 bridgehead atoms. The number of carbonyl (C=O) groups is 4. The summed E-state index contributed by atoms with van der Waals surface area (Å²) in [7, 11) is 0. The van der Waals surface area contributed by atoms with Gasteiger partial charge in [-0.1, -0.05) is 149 Å². The van der Waals surface area contributed by atoms with E-state index in [1.165, 1.54) is 9.80 Å². The number of aromatic nitrogens is 12. The van der Waals surface area contributed by atoms with E-state index in [1.54, 1.807) is 83.6 Å². The van der Waals surface area contributed by atoms with Crippen LogP contribution in [-0.2, 0) is 32.0 Å². The monoisotopic (exact) mass is 1790 g/mol. The Morgan fingerprint density at radius 3 is 1.22 bits per heavy atom. The quantitative estimate of drug-likeness (QED) is 0.0182. The van der Waals surface area contributed by atoms with Crippen molar-refractivity contribution in [2.24, 2.45) is 11.8 Å². The number of rotatable bonds is 32. The van der Waals surface area contributed by atoms with Crippen molar-refractivity contribution in [1.29, 1.82) is 0 Å². The smallest absolute Gasteiger partial charge is 0.254 e. The number of ether oxygens (including phenoxy) is 2. The van der Waals surface area contributed by atoms with Crippen LogP contribution >= 0.6 is 22.7 Å². The zero-order valence-electron chi connectivity index (χ0n) is 73.9. The second-order valence-corrected chi connectivity index (χ2v) is 35.6. The standard InChI is InChI=1S/2C49H53N9O6S/c2*1-28(2)45(49(62)57-26-37(59)21-41(57)48(61)53-29(3)33-16-18-35(19-17-33)46-30(4)51-27-65-46)43-23-44(56-64-43)63-20-8-9-32-12-14-34(15-13-32)31(5)58-25-36(24-52-58)39-22-40(54-55-47(39)50)38-10-6-7-11-42(38)60/h2*6-7,10-19,22-25,27-29,31,37,41,45,59-60H,8-9,20-21,26H2,1-5H3,(H2,50,55)(H,53,61)/t29-,31?,37+,41-,45+;29-,31?,37+,41-,45-/m00/s1. The van der Waals surface area contributed by atoms with E-state index in [2.05, 4.69) is 124 Å². The summed E-state index contributed by atoms with van der Waals surface area (Å²) in [6.45, 7) is 20.4. The summed E-state index contributed by atoms with van der Waals surface area (Å²) >= 11 is 3.17. The van der Waals surface area contributed by atoms with Crippen molar-refractivity contribution >= 4 is 57.9 Å². The molecule has 2 saturated heterocycles. The first-order valence-corrected chi connectivity index (χ1v) is 45.3. The fourth-order valence-corrected chi connectivity index (χ4v) is 18.3. The van der Waals surface area contributed by atoms with Crippen molar-refractivity contribution in [2.45, 2.75) is 168 Å². The van der Waals surface area contributed by atoms with E-state index in [0.717, 1.165) is 89.6 Å². The Labute approximate surface area is 760 Å². The zero-order chi connectivity index (χ0) is 91.6. The molecule has 10 N–H and O–H groups in total. The summed E-state index contributed by atoms with van der Waals surface area (Å²) in [5.74, 6) is -1.10. The number of aromatic hydroxyl groups is 2. The van der Waals surface area contributed by atoms with Crippen LogP contribution in [-0.4, -0.2) is 165 Å². The number of hydrogen-bond donors (Lipinski definition) is 8. The number of nitrogens with two attached hydrogens (primary N) is 2. The molecule has 6 aromatic carbocycles. The Hall–Kier alpha value is -13.8. The van der Waals surface area contributed by atoms with Crippen LogP contribution in [0, 0.1) is 25.7 Å². The number of anilines is 2. The first-order valence-electron chi connectivity index (χ1n) is 43.6. The predicted octanol–water partition coefficient (Wildman–Crippen LogP) is 15.8. The SMILES string of the molecule is Cc1ncsc1-c1ccc([C@H](C)NC(=O)[C@@H]2C[C@@H](O)CN2C(=O)[C@@H](c2cc(OCCCc3ccc(C(C)n4cc(-c5cc(-c6ccccc6O)nnc5N)cn4)cc3)no2)C(C)C)cc1.Cc1ncsc1-c1ccc([C@H](C)NC(=O)[C@@H]2C[C@@H](O)CN2C(=O)[C@H](c2cc(OCCCc3ccc(C(C)n4cc(-c5cc(-c6ccccc6O)nnc5N)cn4)cc3)no2)C(C)C)cc1. The van der Waals surface area contributed by atoms with Crippen molar-refractivity contribution in [3.05, 3.63) is 262 Å². The van der Waals surface area contributed by atoms with Crippen LogP contribution < -0.4 is 31.6 Å². The number of thiazole rings is 2. The zero-order valence-corrected chi connectivity index (χ0v) is 75.5. The summed E-state index contributed by atoms with van der Waals surface area (Å²) in [6, 6.07) is 51.2. The number of phenols is 2. The Kier molecular flexibility index (Phi) is 28.4. The number of nitrogens with one attached hydrogen (secondary N) is 2. The van der Waals surface area contributed by atoms with Crippen LogP contribution in [0.5, 0.6) is 23.3 Å². The van der Waals surface area contributed by atoms with Gasteiger partial charge in [-0.2, -0.15) is 10.2 Å². The number of nitrogen functional groups attached to an aromatic ring is 2. The van der Waals surface area contributed by atoms with E-state index in [9.17, 15) is 39.6 Å². The van der Waals surface area contributed by atoms with Crippen LogP contribution in [0.15, 0.2) is 215 Å². The summed E-state index contributed by atoms with van der Waals surface area (Å²) in [5, 5.41) is 82.3. The van der Waals surface area contributed by atoms with Crippen molar-refractivity contribution < 1.29 is 58.1 Å². The van der Waals surface area contributed by atoms with Crippen molar-refractivity contribution in [1.82, 2.24) is 80.7 Å². The van der Waals surface area contributed by atoms with Crippen LogP contribution in [0.1, 0.15) is 173 Å². The first-order chi connectivity index (χ1) is 62.7. The van der Waals surface area contributed by atoms with E-state index in [-0.39, 0.29) is 120 Å². The lowest BCUT2D eigenvalue weighted by Gasteiger charge is -2.29. The number of amides is 4. The maximum absolute atomic E-state index is 14.2. The number of aliphatic hydroxyl groups excluding tert-OH is 2. The maximum Gasteiger partial charge on any atom is 0.254 e. The molecule has 2 fully saturated rings. The van der Waals surface area contributed by atoms with E-state index >= 15 is 0 Å². The molecule has 2 aliphatic rings. The maximum atomic E-state index is 14.2. The highest BCUT2D eigenvalue weighted by atomic mass is 32.1. The molecule has 4 amide bonds. The van der Waals surface area contributed by atoms with Gasteiger partial charge in [-0.3, -0.25) is 28.5 Å². The molecule has 14 aromatic rings. The highest BCUT2D eigenvalue weighted by Gasteiger charge is 2.46. The molecule has 32 heteroatoms. The summed E-state index contributed by atoms with van der Waals surface area (Å²) in [4.78, 5) is 69.6. The van der Waals surface area contributed by atoms with Gasteiger partial charge in [0.15, 0.2) is 23.2 Å². The lowest BCUT2D eigenvalue weighted by molar-refractivity contribution is -0.141. The Morgan fingerprint density at radius 2 is 0.862 bits per heavy atom. The molecule has 0 spiro atoms. The van der Waals surface area contributed by atoms with Gasteiger partial charge in [0.1, 0.15) is 35.4 Å². The van der Waals surface area contributed by atoms with Gasteiger partial charge in [-0.15, -0.1) is 43.1 Å². The summed E-state index contributed by atoms with van der Waals surface area (Å²) < 4.78 is 27.1. The second-order valence-electron chi connectivity index (χ2n) is 33.9. The largest absolute Gasteiger partial charge is 0.507 e. The lowest BCUT2D eigenvalue weighted by atomic mass is 9.91. The van der Waals surface area contributed by atoms with Crippen LogP contribution in [0.25, 0.3) is 65.6 Å². The molecule has 0 saturated carbocycles. The second kappa shape index (κ2) is 40.7. The number of phenolic OH excluding ortho intramolecular Hbond substituents is 2. The number of hydrogen-bond acceptors (Lipinski definition) is 26.